The van der Waals surface area contributed by atoms with Crippen molar-refractivity contribution in [1.29, 1.82) is 5.26 Å². The van der Waals surface area contributed by atoms with Crippen LogP contribution in [0.1, 0.15) is 27.2 Å². The number of halogens is 3. The molecule has 0 fully saturated rings. The van der Waals surface area contributed by atoms with E-state index in [0.717, 1.165) is 23.8 Å². The van der Waals surface area contributed by atoms with E-state index in [1.54, 1.807) is 36.4 Å². The number of benzene rings is 2. The molecular weight excluding hydrogens is 371 g/mol. The Kier molecular flexibility index (Phi) is 5.27. The van der Waals surface area contributed by atoms with Crippen LogP contribution in [0.25, 0.3) is 11.3 Å². The molecule has 3 rings (SSSR count). The first kappa shape index (κ1) is 18.9. The van der Waals surface area contributed by atoms with Crippen LogP contribution in [0.3, 0.4) is 0 Å². The zero-order valence-corrected chi connectivity index (χ0v) is 14.2. The second-order valence-electron chi connectivity index (χ2n) is 5.67. The summed E-state index contributed by atoms with van der Waals surface area (Å²) in [7, 11) is 0. The number of carbonyl (C=O) groups excluding carboxylic acids is 1. The number of hydrazone groups is 1. The molecule has 0 unspecified atom stereocenters. The summed E-state index contributed by atoms with van der Waals surface area (Å²) in [5, 5.41) is 12.5. The molecule has 8 heteroatoms. The van der Waals surface area contributed by atoms with Crippen molar-refractivity contribution in [2.75, 3.05) is 0 Å². The van der Waals surface area contributed by atoms with Gasteiger partial charge in [-0.15, -0.1) is 0 Å². The number of furan rings is 1. The van der Waals surface area contributed by atoms with Crippen LogP contribution in [-0.4, -0.2) is 12.1 Å². The SMILES string of the molecule is N#Cc1ccc(-c2ccc(/C=N/NC(=O)c3cccc(C(F)(F)F)c3)o2)cc1. The molecule has 28 heavy (non-hydrogen) atoms. The number of nitriles is 1. The van der Waals surface area contributed by atoms with Crippen LogP contribution in [0, 0.1) is 11.3 Å². The van der Waals surface area contributed by atoms with Gasteiger partial charge < -0.3 is 4.42 Å². The molecular formula is C20H12F3N3O2. The van der Waals surface area contributed by atoms with Gasteiger partial charge in [-0.3, -0.25) is 4.79 Å². The van der Waals surface area contributed by atoms with E-state index in [4.69, 9.17) is 9.68 Å². The first-order valence-corrected chi connectivity index (χ1v) is 7.98. The maximum Gasteiger partial charge on any atom is 0.416 e. The van der Waals surface area contributed by atoms with Crippen molar-refractivity contribution >= 4 is 12.1 Å². The summed E-state index contributed by atoms with van der Waals surface area (Å²) in [6.45, 7) is 0. The topological polar surface area (TPSA) is 78.4 Å². The highest BCUT2D eigenvalue weighted by Gasteiger charge is 2.30. The fraction of sp³-hybridized carbons (Fsp3) is 0.0500. The summed E-state index contributed by atoms with van der Waals surface area (Å²) in [5.41, 5.74) is 2.36. The van der Waals surface area contributed by atoms with E-state index in [0.29, 0.717) is 17.1 Å². The largest absolute Gasteiger partial charge is 0.455 e. The van der Waals surface area contributed by atoms with Crippen LogP contribution in [0.15, 0.2) is 70.2 Å². The Bertz CT molecular complexity index is 1060. The normalized spacial score (nSPS) is 11.4. The van der Waals surface area contributed by atoms with Gasteiger partial charge in [0, 0.05) is 11.1 Å². The number of nitrogens with one attached hydrogen (secondary N) is 1. The summed E-state index contributed by atoms with van der Waals surface area (Å²) in [5.74, 6) is 0.0973. The second-order valence-corrected chi connectivity index (χ2v) is 5.67. The molecule has 1 amide bonds. The van der Waals surface area contributed by atoms with Crippen molar-refractivity contribution in [3.8, 4) is 17.4 Å². The van der Waals surface area contributed by atoms with Crippen molar-refractivity contribution < 1.29 is 22.4 Å². The third-order valence-corrected chi connectivity index (χ3v) is 3.74. The molecule has 1 heterocycles. The molecule has 1 N–H and O–H groups in total. The molecule has 0 spiro atoms. The van der Waals surface area contributed by atoms with E-state index in [1.165, 1.54) is 12.3 Å². The van der Waals surface area contributed by atoms with Gasteiger partial charge in [-0.25, -0.2) is 5.43 Å². The molecule has 2 aromatic carbocycles. The average Bonchev–Trinajstić information content (AvgIpc) is 3.16. The van der Waals surface area contributed by atoms with Crippen molar-refractivity contribution in [2.45, 2.75) is 6.18 Å². The number of carbonyl (C=O) groups is 1. The summed E-state index contributed by atoms with van der Waals surface area (Å²) >= 11 is 0. The minimum Gasteiger partial charge on any atom is -0.455 e. The molecule has 0 aliphatic carbocycles. The van der Waals surface area contributed by atoms with E-state index in [1.807, 2.05) is 6.07 Å². The van der Waals surface area contributed by atoms with Gasteiger partial charge in [0.25, 0.3) is 5.91 Å². The molecule has 1 aromatic heterocycles. The number of hydrogen-bond acceptors (Lipinski definition) is 4. The standard InChI is InChI=1S/C20H12F3N3O2/c21-20(22,23)16-3-1-2-15(10-16)19(27)26-25-12-17-8-9-18(28-17)14-6-4-13(11-24)5-7-14/h1-10,12H,(H,26,27)/b25-12+. The zero-order valence-electron chi connectivity index (χ0n) is 14.2. The monoisotopic (exact) mass is 383 g/mol. The Morgan fingerprint density at radius 2 is 1.86 bits per heavy atom. The summed E-state index contributed by atoms with van der Waals surface area (Å²) < 4.78 is 43.7. The Morgan fingerprint density at radius 1 is 1.11 bits per heavy atom. The van der Waals surface area contributed by atoms with Gasteiger partial charge in [-0.2, -0.15) is 23.5 Å². The van der Waals surface area contributed by atoms with Crippen LogP contribution in [0.4, 0.5) is 13.2 Å². The summed E-state index contributed by atoms with van der Waals surface area (Å²) in [6, 6.07) is 16.1. The smallest absolute Gasteiger partial charge is 0.416 e. The average molecular weight is 383 g/mol. The lowest BCUT2D eigenvalue weighted by atomic mass is 10.1. The van der Waals surface area contributed by atoms with Gasteiger partial charge in [0.05, 0.1) is 23.4 Å². The van der Waals surface area contributed by atoms with E-state index in [-0.39, 0.29) is 5.56 Å². The zero-order chi connectivity index (χ0) is 20.1. The molecule has 0 aliphatic heterocycles. The molecule has 0 saturated heterocycles. The van der Waals surface area contributed by atoms with E-state index in [9.17, 15) is 18.0 Å². The van der Waals surface area contributed by atoms with Gasteiger partial charge in [-0.05, 0) is 54.6 Å². The Labute approximate surface area is 157 Å². The van der Waals surface area contributed by atoms with Gasteiger partial charge in [0.15, 0.2) is 0 Å². The third-order valence-electron chi connectivity index (χ3n) is 3.74. The fourth-order valence-corrected chi connectivity index (χ4v) is 2.34. The minimum absolute atomic E-state index is 0.162. The predicted octanol–water partition coefficient (Wildman–Crippen LogP) is 4.60. The highest BCUT2D eigenvalue weighted by Crippen LogP contribution is 2.29. The minimum atomic E-state index is -4.53. The quantitative estimate of drug-likeness (QED) is 0.528. The van der Waals surface area contributed by atoms with Crippen LogP contribution < -0.4 is 5.43 Å². The second kappa shape index (κ2) is 7.80. The first-order chi connectivity index (χ1) is 13.4. The Morgan fingerprint density at radius 3 is 2.54 bits per heavy atom. The molecule has 0 aliphatic rings. The van der Waals surface area contributed by atoms with E-state index in [2.05, 4.69) is 10.5 Å². The van der Waals surface area contributed by atoms with E-state index < -0.39 is 17.6 Å². The highest BCUT2D eigenvalue weighted by atomic mass is 19.4. The molecule has 0 saturated carbocycles. The van der Waals surface area contributed by atoms with Crippen LogP contribution in [0.5, 0.6) is 0 Å². The molecule has 0 atom stereocenters. The van der Waals surface area contributed by atoms with Crippen molar-refractivity contribution in [3.63, 3.8) is 0 Å². The predicted molar refractivity (Wildman–Crippen MR) is 95.4 cm³/mol. The molecule has 3 aromatic rings. The van der Waals surface area contributed by atoms with Gasteiger partial charge in [0.2, 0.25) is 0 Å². The molecule has 0 bridgehead atoms. The van der Waals surface area contributed by atoms with Gasteiger partial charge in [-0.1, -0.05) is 6.07 Å². The lowest BCUT2D eigenvalue weighted by Crippen LogP contribution is -2.18. The van der Waals surface area contributed by atoms with Crippen molar-refractivity contribution in [3.05, 3.63) is 83.1 Å². The molecule has 140 valence electrons. The van der Waals surface area contributed by atoms with Crippen LogP contribution in [0.2, 0.25) is 0 Å². The summed E-state index contributed by atoms with van der Waals surface area (Å²) in [4.78, 5) is 12.0. The fourth-order valence-electron chi connectivity index (χ4n) is 2.34. The number of nitrogens with zero attached hydrogens (tertiary/aromatic N) is 2. The number of rotatable bonds is 4. The molecule has 0 radical (unpaired) electrons. The lowest BCUT2D eigenvalue weighted by molar-refractivity contribution is -0.137. The Hall–Kier alpha value is -3.86. The summed E-state index contributed by atoms with van der Waals surface area (Å²) in [6.07, 6.45) is -3.30. The lowest BCUT2D eigenvalue weighted by Gasteiger charge is -2.07. The maximum absolute atomic E-state index is 12.7. The van der Waals surface area contributed by atoms with Gasteiger partial charge in [0.1, 0.15) is 11.5 Å². The van der Waals surface area contributed by atoms with Crippen LogP contribution in [-0.2, 0) is 6.18 Å². The Balaban J connectivity index is 1.66. The molecule has 5 nitrogen and oxygen atoms in total. The van der Waals surface area contributed by atoms with Crippen molar-refractivity contribution in [1.82, 2.24) is 5.43 Å². The van der Waals surface area contributed by atoms with Gasteiger partial charge >= 0.3 is 6.18 Å². The number of alkyl halides is 3. The van der Waals surface area contributed by atoms with Crippen LogP contribution >= 0.6 is 0 Å². The van der Waals surface area contributed by atoms with E-state index >= 15 is 0 Å². The third kappa shape index (κ3) is 4.45. The first-order valence-electron chi connectivity index (χ1n) is 7.98. The van der Waals surface area contributed by atoms with Crippen molar-refractivity contribution in [2.24, 2.45) is 5.10 Å². The highest BCUT2D eigenvalue weighted by molar-refractivity contribution is 5.94. The number of amides is 1. The number of hydrogen-bond donors (Lipinski definition) is 1. The maximum atomic E-state index is 12.7.